The maximum atomic E-state index is 11.9. The number of hydrogen-bond donors (Lipinski definition) is 5. The smallest absolute Gasteiger partial charge is 0.320 e. The third-order valence-corrected chi connectivity index (χ3v) is 2.97. The van der Waals surface area contributed by atoms with Gasteiger partial charge in [0.25, 0.3) is 0 Å². The summed E-state index contributed by atoms with van der Waals surface area (Å²) in [5.41, 5.74) is 5.30. The van der Waals surface area contributed by atoms with Crippen molar-refractivity contribution in [2.75, 3.05) is 13.1 Å². The fraction of sp³-hybridized carbons (Fsp3) is 0.571. The lowest BCUT2D eigenvalue weighted by molar-refractivity contribution is -0.139. The molecule has 0 saturated heterocycles. The van der Waals surface area contributed by atoms with E-state index in [1.807, 2.05) is 0 Å². The predicted molar refractivity (Wildman–Crippen MR) is 83.3 cm³/mol. The largest absolute Gasteiger partial charge is 0.480 e. The minimum absolute atomic E-state index is 0.00714. The second kappa shape index (κ2) is 11.2. The highest BCUT2D eigenvalue weighted by atomic mass is 16.4. The molecule has 9 nitrogen and oxygen atoms in total. The maximum absolute atomic E-state index is 11.9. The van der Waals surface area contributed by atoms with Crippen molar-refractivity contribution in [1.29, 1.82) is 0 Å². The number of carbonyl (C=O) groups is 4. The van der Waals surface area contributed by atoms with Crippen molar-refractivity contribution >= 4 is 23.7 Å². The molecule has 0 radical (unpaired) electrons. The monoisotopic (exact) mass is 328 g/mol. The van der Waals surface area contributed by atoms with E-state index in [1.54, 1.807) is 6.92 Å². The van der Waals surface area contributed by atoms with Gasteiger partial charge in [-0.3, -0.25) is 19.2 Å². The second-order valence-corrected chi connectivity index (χ2v) is 4.80. The zero-order chi connectivity index (χ0) is 17.8. The molecule has 0 spiro atoms. The lowest BCUT2D eigenvalue weighted by Crippen LogP contribution is -2.48. The molecule has 0 fully saturated rings. The SMILES string of the molecule is C=CC(=O)NCCNC(=O)[C@H](CC)NC(=O)CC[C@H](N)C(=O)O. The number of carbonyl (C=O) groups excluding carboxylic acids is 3. The summed E-state index contributed by atoms with van der Waals surface area (Å²) in [6, 6.07) is -1.83. The van der Waals surface area contributed by atoms with Crippen molar-refractivity contribution in [1.82, 2.24) is 16.0 Å². The number of carboxylic acid groups (broad SMARTS) is 1. The molecule has 0 aromatic heterocycles. The van der Waals surface area contributed by atoms with E-state index in [0.29, 0.717) is 6.42 Å². The van der Waals surface area contributed by atoms with Gasteiger partial charge >= 0.3 is 5.97 Å². The van der Waals surface area contributed by atoms with E-state index < -0.39 is 24.0 Å². The summed E-state index contributed by atoms with van der Waals surface area (Å²) in [7, 11) is 0. The molecule has 0 aliphatic carbocycles. The van der Waals surface area contributed by atoms with Gasteiger partial charge in [-0.1, -0.05) is 13.5 Å². The summed E-state index contributed by atoms with van der Waals surface area (Å²) in [6.07, 6.45) is 1.42. The fourth-order valence-corrected chi connectivity index (χ4v) is 1.60. The molecular weight excluding hydrogens is 304 g/mol. The van der Waals surface area contributed by atoms with Gasteiger partial charge in [-0.25, -0.2) is 0 Å². The Hall–Kier alpha value is -2.42. The fourth-order valence-electron chi connectivity index (χ4n) is 1.60. The van der Waals surface area contributed by atoms with Crippen molar-refractivity contribution in [3.05, 3.63) is 12.7 Å². The van der Waals surface area contributed by atoms with Gasteiger partial charge in [0.05, 0.1) is 0 Å². The highest BCUT2D eigenvalue weighted by molar-refractivity contribution is 5.88. The Balaban J connectivity index is 4.13. The van der Waals surface area contributed by atoms with Crippen LogP contribution in [-0.4, -0.2) is 54.0 Å². The van der Waals surface area contributed by atoms with Crippen molar-refractivity contribution < 1.29 is 24.3 Å². The van der Waals surface area contributed by atoms with Crippen LogP contribution in [0.5, 0.6) is 0 Å². The first-order chi connectivity index (χ1) is 10.8. The topological polar surface area (TPSA) is 151 Å². The van der Waals surface area contributed by atoms with Gasteiger partial charge in [-0.05, 0) is 18.9 Å². The van der Waals surface area contributed by atoms with E-state index >= 15 is 0 Å². The van der Waals surface area contributed by atoms with Crippen molar-refractivity contribution in [3.63, 3.8) is 0 Å². The van der Waals surface area contributed by atoms with Gasteiger partial charge in [0.15, 0.2) is 0 Å². The Morgan fingerprint density at radius 1 is 1.22 bits per heavy atom. The molecular formula is C14H24N4O5. The molecule has 6 N–H and O–H groups in total. The van der Waals surface area contributed by atoms with Gasteiger partial charge in [0.1, 0.15) is 12.1 Å². The van der Waals surface area contributed by atoms with Gasteiger partial charge in [0, 0.05) is 19.5 Å². The Morgan fingerprint density at radius 2 is 1.83 bits per heavy atom. The van der Waals surface area contributed by atoms with E-state index in [1.165, 1.54) is 0 Å². The summed E-state index contributed by atoms with van der Waals surface area (Å²) in [4.78, 5) is 45.1. The zero-order valence-corrected chi connectivity index (χ0v) is 13.1. The second-order valence-electron chi connectivity index (χ2n) is 4.80. The van der Waals surface area contributed by atoms with E-state index in [0.717, 1.165) is 6.08 Å². The average molecular weight is 328 g/mol. The first-order valence-electron chi connectivity index (χ1n) is 7.27. The van der Waals surface area contributed by atoms with E-state index in [-0.39, 0.29) is 37.7 Å². The lowest BCUT2D eigenvalue weighted by Gasteiger charge is -2.17. The zero-order valence-electron chi connectivity index (χ0n) is 13.1. The number of carboxylic acids is 1. The molecule has 0 unspecified atom stereocenters. The number of aliphatic carboxylic acids is 1. The molecule has 0 aliphatic rings. The molecule has 0 rings (SSSR count). The molecule has 23 heavy (non-hydrogen) atoms. The van der Waals surface area contributed by atoms with Crippen molar-refractivity contribution in [3.8, 4) is 0 Å². The van der Waals surface area contributed by atoms with Crippen LogP contribution < -0.4 is 21.7 Å². The van der Waals surface area contributed by atoms with Crippen molar-refractivity contribution in [2.45, 2.75) is 38.3 Å². The standard InChI is InChI=1S/C14H24N4O5/c1-3-10(13(21)17-8-7-16-11(19)4-2)18-12(20)6-5-9(15)14(22)23/h4,9-10H,2-3,5-8,15H2,1H3,(H,16,19)(H,17,21)(H,18,20)(H,22,23)/t9-,10-/m0/s1. The van der Waals surface area contributed by atoms with Crippen molar-refractivity contribution in [2.24, 2.45) is 5.73 Å². The van der Waals surface area contributed by atoms with E-state index in [9.17, 15) is 19.2 Å². The van der Waals surface area contributed by atoms with Crippen LogP contribution in [-0.2, 0) is 19.2 Å². The minimum Gasteiger partial charge on any atom is -0.480 e. The number of nitrogens with one attached hydrogen (secondary N) is 3. The molecule has 0 heterocycles. The molecule has 0 bridgehead atoms. The van der Waals surface area contributed by atoms with Crippen LogP contribution in [0, 0.1) is 0 Å². The summed E-state index contributed by atoms with van der Waals surface area (Å²) in [5, 5.41) is 16.2. The maximum Gasteiger partial charge on any atom is 0.320 e. The van der Waals surface area contributed by atoms with E-state index in [2.05, 4.69) is 22.5 Å². The molecule has 0 aromatic carbocycles. The van der Waals surface area contributed by atoms with Gasteiger partial charge < -0.3 is 26.8 Å². The summed E-state index contributed by atoms with van der Waals surface area (Å²) < 4.78 is 0. The van der Waals surface area contributed by atoms with Crippen LogP contribution in [0.3, 0.4) is 0 Å². The average Bonchev–Trinajstić information content (AvgIpc) is 2.53. The highest BCUT2D eigenvalue weighted by Crippen LogP contribution is 1.98. The normalized spacial score (nSPS) is 12.6. The molecule has 9 heteroatoms. The molecule has 3 amide bonds. The number of hydrogen-bond acceptors (Lipinski definition) is 5. The Labute approximate surface area is 134 Å². The first kappa shape index (κ1) is 20.6. The number of rotatable bonds is 11. The number of nitrogens with two attached hydrogens (primary N) is 1. The van der Waals surface area contributed by atoms with Crippen LogP contribution >= 0.6 is 0 Å². The number of amides is 3. The van der Waals surface area contributed by atoms with Crippen LogP contribution in [0.25, 0.3) is 0 Å². The summed E-state index contributed by atoms with van der Waals surface area (Å²) in [5.74, 6) is -2.33. The van der Waals surface area contributed by atoms with Gasteiger partial charge in [-0.15, -0.1) is 0 Å². The Kier molecular flexibility index (Phi) is 10.0. The molecule has 0 aromatic rings. The first-order valence-corrected chi connectivity index (χ1v) is 7.27. The Bertz CT molecular complexity index is 452. The Morgan fingerprint density at radius 3 is 2.35 bits per heavy atom. The van der Waals surface area contributed by atoms with Gasteiger partial charge in [-0.2, -0.15) is 0 Å². The van der Waals surface area contributed by atoms with Crippen LogP contribution in [0.15, 0.2) is 12.7 Å². The quantitative estimate of drug-likeness (QED) is 0.230. The van der Waals surface area contributed by atoms with Gasteiger partial charge in [0.2, 0.25) is 17.7 Å². The van der Waals surface area contributed by atoms with E-state index in [4.69, 9.17) is 10.8 Å². The highest BCUT2D eigenvalue weighted by Gasteiger charge is 2.19. The van der Waals surface area contributed by atoms with Crippen LogP contribution in [0.1, 0.15) is 26.2 Å². The third kappa shape index (κ3) is 9.25. The molecule has 0 saturated carbocycles. The molecule has 2 atom stereocenters. The third-order valence-electron chi connectivity index (χ3n) is 2.97. The predicted octanol–water partition coefficient (Wildman–Crippen LogP) is -1.51. The molecule has 130 valence electrons. The van der Waals surface area contributed by atoms with Crippen LogP contribution in [0.2, 0.25) is 0 Å². The van der Waals surface area contributed by atoms with Crippen LogP contribution in [0.4, 0.5) is 0 Å². The summed E-state index contributed by atoms with van der Waals surface area (Å²) >= 11 is 0. The summed E-state index contributed by atoms with van der Waals surface area (Å²) in [6.45, 7) is 5.49. The molecule has 0 aliphatic heterocycles. The minimum atomic E-state index is -1.18. The lowest BCUT2D eigenvalue weighted by atomic mass is 10.1.